The Kier molecular flexibility index (Phi) is 2.44. The summed E-state index contributed by atoms with van der Waals surface area (Å²) in [7, 11) is 1.89. The molecule has 0 bridgehead atoms. The van der Waals surface area contributed by atoms with Gasteiger partial charge in [-0.3, -0.25) is 9.78 Å². The van der Waals surface area contributed by atoms with Gasteiger partial charge in [0, 0.05) is 18.8 Å². The molecule has 0 unspecified atom stereocenters. The first-order chi connectivity index (χ1) is 8.74. The first-order valence-corrected chi connectivity index (χ1v) is 5.72. The summed E-state index contributed by atoms with van der Waals surface area (Å²) < 4.78 is 1.77. The van der Waals surface area contributed by atoms with Crippen molar-refractivity contribution in [3.8, 4) is 22.8 Å². The van der Waals surface area contributed by atoms with Gasteiger partial charge in [-0.1, -0.05) is 30.3 Å². The fraction of sp³-hybridized carbons (Fsp3) is 0.154. The third-order valence-electron chi connectivity index (χ3n) is 2.79. The van der Waals surface area contributed by atoms with Crippen molar-refractivity contribution in [3.63, 3.8) is 0 Å². The number of aromatic nitrogens is 5. The van der Waals surface area contributed by atoms with Gasteiger partial charge in [-0.2, -0.15) is 10.2 Å². The summed E-state index contributed by atoms with van der Waals surface area (Å²) in [6.07, 6.45) is 1.94. The van der Waals surface area contributed by atoms with E-state index in [-0.39, 0.29) is 0 Å². The summed E-state index contributed by atoms with van der Waals surface area (Å²) in [6.45, 7) is 1.96. The molecule has 5 heteroatoms. The minimum Gasteiger partial charge on any atom is -0.275 e. The van der Waals surface area contributed by atoms with E-state index in [0.717, 1.165) is 22.6 Å². The fourth-order valence-electron chi connectivity index (χ4n) is 1.93. The number of H-pyrrole nitrogens is 1. The number of hydrogen-bond acceptors (Lipinski definition) is 3. The standard InChI is InChI=1S/C13H13N5/c1-9-11(8-18(2)17-9)13-14-12(15-16-13)10-6-4-3-5-7-10/h3-8H,1-2H3,(H,14,15,16). The van der Waals surface area contributed by atoms with E-state index >= 15 is 0 Å². The summed E-state index contributed by atoms with van der Waals surface area (Å²) >= 11 is 0. The highest BCUT2D eigenvalue weighted by Gasteiger charge is 2.11. The van der Waals surface area contributed by atoms with Crippen LogP contribution >= 0.6 is 0 Å². The molecule has 18 heavy (non-hydrogen) atoms. The van der Waals surface area contributed by atoms with E-state index in [1.165, 1.54) is 0 Å². The molecule has 0 amide bonds. The summed E-state index contributed by atoms with van der Waals surface area (Å²) in [5.41, 5.74) is 2.92. The predicted octanol–water partition coefficient (Wildman–Crippen LogP) is 2.18. The molecule has 0 saturated carbocycles. The maximum absolute atomic E-state index is 4.50. The molecule has 0 atom stereocenters. The van der Waals surface area contributed by atoms with E-state index in [1.54, 1.807) is 4.68 Å². The van der Waals surface area contributed by atoms with Gasteiger partial charge in [0.25, 0.3) is 0 Å². The van der Waals surface area contributed by atoms with E-state index in [9.17, 15) is 0 Å². The van der Waals surface area contributed by atoms with E-state index in [4.69, 9.17) is 0 Å². The van der Waals surface area contributed by atoms with Crippen LogP contribution in [0.25, 0.3) is 22.8 Å². The SMILES string of the molecule is Cc1nn(C)cc1-c1nc(-c2ccccc2)n[nH]1. The zero-order chi connectivity index (χ0) is 12.5. The van der Waals surface area contributed by atoms with E-state index < -0.39 is 0 Å². The van der Waals surface area contributed by atoms with Crippen LogP contribution in [0.2, 0.25) is 0 Å². The van der Waals surface area contributed by atoms with Gasteiger partial charge in [-0.25, -0.2) is 4.98 Å². The second-order valence-electron chi connectivity index (χ2n) is 4.18. The average Bonchev–Trinajstić information content (AvgIpc) is 2.97. The highest BCUT2D eigenvalue weighted by Crippen LogP contribution is 2.21. The Morgan fingerprint density at radius 1 is 1.17 bits per heavy atom. The quantitative estimate of drug-likeness (QED) is 0.745. The smallest absolute Gasteiger partial charge is 0.181 e. The number of hydrogen-bond donors (Lipinski definition) is 1. The van der Waals surface area contributed by atoms with Crippen molar-refractivity contribution in [3.05, 3.63) is 42.2 Å². The lowest BCUT2D eigenvalue weighted by Gasteiger charge is -1.92. The van der Waals surface area contributed by atoms with Crippen molar-refractivity contribution >= 4 is 0 Å². The summed E-state index contributed by atoms with van der Waals surface area (Å²) in [5, 5.41) is 11.5. The van der Waals surface area contributed by atoms with Crippen LogP contribution < -0.4 is 0 Å². The number of nitrogens with zero attached hydrogens (tertiary/aromatic N) is 4. The molecule has 1 aromatic carbocycles. The Hall–Kier alpha value is -2.43. The highest BCUT2D eigenvalue weighted by atomic mass is 15.3. The van der Waals surface area contributed by atoms with Crippen LogP contribution in [0.5, 0.6) is 0 Å². The van der Waals surface area contributed by atoms with Crippen molar-refractivity contribution in [2.75, 3.05) is 0 Å². The average molecular weight is 239 g/mol. The van der Waals surface area contributed by atoms with Gasteiger partial charge in [0.2, 0.25) is 0 Å². The molecular formula is C13H13N5. The predicted molar refractivity (Wildman–Crippen MR) is 68.8 cm³/mol. The summed E-state index contributed by atoms with van der Waals surface area (Å²) in [5.74, 6) is 1.45. The monoisotopic (exact) mass is 239 g/mol. The van der Waals surface area contributed by atoms with Gasteiger partial charge in [-0.05, 0) is 6.92 Å². The van der Waals surface area contributed by atoms with Crippen LogP contribution in [0, 0.1) is 6.92 Å². The van der Waals surface area contributed by atoms with Crippen LogP contribution in [0.1, 0.15) is 5.69 Å². The number of aryl methyl sites for hydroxylation is 2. The van der Waals surface area contributed by atoms with Gasteiger partial charge in [0.15, 0.2) is 11.6 Å². The Morgan fingerprint density at radius 3 is 2.61 bits per heavy atom. The lowest BCUT2D eigenvalue weighted by Crippen LogP contribution is -1.86. The van der Waals surface area contributed by atoms with E-state index in [1.807, 2.05) is 50.5 Å². The molecule has 90 valence electrons. The van der Waals surface area contributed by atoms with Crippen LogP contribution in [0.15, 0.2) is 36.5 Å². The Bertz CT molecular complexity index is 666. The molecule has 0 radical (unpaired) electrons. The van der Waals surface area contributed by atoms with Crippen molar-refractivity contribution in [2.24, 2.45) is 7.05 Å². The maximum Gasteiger partial charge on any atom is 0.181 e. The molecule has 0 aliphatic rings. The molecule has 3 rings (SSSR count). The second-order valence-corrected chi connectivity index (χ2v) is 4.18. The summed E-state index contributed by atoms with van der Waals surface area (Å²) in [6, 6.07) is 9.90. The van der Waals surface area contributed by atoms with Crippen molar-refractivity contribution in [1.82, 2.24) is 25.0 Å². The first-order valence-electron chi connectivity index (χ1n) is 5.72. The summed E-state index contributed by atoms with van der Waals surface area (Å²) in [4.78, 5) is 4.50. The molecule has 3 aromatic rings. The fourth-order valence-corrected chi connectivity index (χ4v) is 1.93. The van der Waals surface area contributed by atoms with Gasteiger partial charge >= 0.3 is 0 Å². The zero-order valence-corrected chi connectivity index (χ0v) is 10.3. The Balaban J connectivity index is 2.02. The number of nitrogens with one attached hydrogen (secondary N) is 1. The number of benzene rings is 1. The molecule has 0 spiro atoms. The second kappa shape index (κ2) is 4.10. The molecule has 2 aromatic heterocycles. The first kappa shape index (κ1) is 10.7. The Labute approximate surface area is 104 Å². The van der Waals surface area contributed by atoms with Crippen molar-refractivity contribution in [2.45, 2.75) is 6.92 Å². The van der Waals surface area contributed by atoms with Crippen LogP contribution in [0.3, 0.4) is 0 Å². The topological polar surface area (TPSA) is 59.4 Å². The molecule has 0 aliphatic carbocycles. The molecule has 0 fully saturated rings. The molecule has 0 aliphatic heterocycles. The minimum absolute atomic E-state index is 0.703. The van der Waals surface area contributed by atoms with Gasteiger partial charge in [0.05, 0.1) is 11.3 Å². The molecular weight excluding hydrogens is 226 g/mol. The lowest BCUT2D eigenvalue weighted by molar-refractivity contribution is 0.756. The third kappa shape index (κ3) is 1.79. The largest absolute Gasteiger partial charge is 0.275 e. The Morgan fingerprint density at radius 2 is 1.94 bits per heavy atom. The van der Waals surface area contributed by atoms with Crippen molar-refractivity contribution in [1.29, 1.82) is 0 Å². The molecule has 2 heterocycles. The van der Waals surface area contributed by atoms with E-state index in [0.29, 0.717) is 5.82 Å². The third-order valence-corrected chi connectivity index (χ3v) is 2.79. The minimum atomic E-state index is 0.703. The number of aromatic amines is 1. The normalized spacial score (nSPS) is 10.8. The molecule has 5 nitrogen and oxygen atoms in total. The maximum atomic E-state index is 4.50. The van der Waals surface area contributed by atoms with E-state index in [2.05, 4.69) is 20.3 Å². The van der Waals surface area contributed by atoms with Crippen LogP contribution in [-0.2, 0) is 7.05 Å². The van der Waals surface area contributed by atoms with Gasteiger partial charge in [-0.15, -0.1) is 0 Å². The van der Waals surface area contributed by atoms with Crippen LogP contribution in [-0.4, -0.2) is 25.0 Å². The zero-order valence-electron chi connectivity index (χ0n) is 10.3. The van der Waals surface area contributed by atoms with Gasteiger partial charge in [0.1, 0.15) is 0 Å². The highest BCUT2D eigenvalue weighted by molar-refractivity contribution is 5.61. The molecule has 1 N–H and O–H groups in total. The van der Waals surface area contributed by atoms with Crippen LogP contribution in [0.4, 0.5) is 0 Å². The lowest BCUT2D eigenvalue weighted by atomic mass is 10.2. The van der Waals surface area contributed by atoms with Crippen molar-refractivity contribution < 1.29 is 0 Å². The van der Waals surface area contributed by atoms with Gasteiger partial charge < -0.3 is 0 Å². The number of rotatable bonds is 2. The molecule has 0 saturated heterocycles.